The summed E-state index contributed by atoms with van der Waals surface area (Å²) in [5.74, 6) is -0.254. The minimum atomic E-state index is -0.671. The quantitative estimate of drug-likeness (QED) is 0.612. The Morgan fingerprint density at radius 2 is 1.76 bits per heavy atom. The predicted molar refractivity (Wildman–Crippen MR) is 108 cm³/mol. The molecule has 0 saturated heterocycles. The molecule has 0 aliphatic carbocycles. The Bertz CT molecular complexity index is 1200. The number of amides is 1. The highest BCUT2D eigenvalue weighted by molar-refractivity contribution is 5.99. The average Bonchev–Trinajstić information content (AvgIpc) is 3.15. The zero-order valence-corrected chi connectivity index (χ0v) is 16.8. The van der Waals surface area contributed by atoms with Crippen LogP contribution in [0.1, 0.15) is 35.8 Å². The molecule has 0 unspecified atom stereocenters. The molecule has 1 N–H and O–H groups in total. The average molecular weight is 397 g/mol. The highest BCUT2D eigenvalue weighted by Crippen LogP contribution is 2.18. The van der Waals surface area contributed by atoms with Crippen LogP contribution in [0.5, 0.6) is 0 Å². The van der Waals surface area contributed by atoms with E-state index in [-0.39, 0.29) is 22.9 Å². The van der Waals surface area contributed by atoms with E-state index in [9.17, 15) is 19.2 Å². The fraction of sp³-hybridized carbons (Fsp3) is 0.350. The second-order valence-electron chi connectivity index (χ2n) is 7.00. The molecule has 0 aliphatic heterocycles. The van der Waals surface area contributed by atoms with Gasteiger partial charge in [0.05, 0.1) is 12.4 Å². The van der Waals surface area contributed by atoms with Crippen molar-refractivity contribution >= 4 is 22.9 Å². The molecule has 0 fully saturated rings. The zero-order valence-electron chi connectivity index (χ0n) is 16.8. The molecule has 29 heavy (non-hydrogen) atoms. The molecule has 2 aromatic heterocycles. The lowest BCUT2D eigenvalue weighted by Gasteiger charge is -2.14. The Balaban J connectivity index is 1.88. The molecule has 0 spiro atoms. The molecule has 152 valence electrons. The minimum Gasteiger partial charge on any atom is -0.356 e. The van der Waals surface area contributed by atoms with E-state index in [1.54, 1.807) is 19.1 Å². The maximum Gasteiger partial charge on any atom is 0.332 e. The summed E-state index contributed by atoms with van der Waals surface area (Å²) in [6.07, 6.45) is 2.08. The summed E-state index contributed by atoms with van der Waals surface area (Å²) in [5, 5.41) is 2.73. The lowest BCUT2D eigenvalue weighted by molar-refractivity contribution is -0.118. The van der Waals surface area contributed by atoms with Crippen molar-refractivity contribution in [1.29, 1.82) is 0 Å². The van der Waals surface area contributed by atoms with Crippen molar-refractivity contribution in [1.82, 2.24) is 24.0 Å². The van der Waals surface area contributed by atoms with Crippen molar-refractivity contribution in [2.75, 3.05) is 6.54 Å². The number of aryl methyl sites for hydroxylation is 1. The lowest BCUT2D eigenvalue weighted by atomic mass is 10.0. The van der Waals surface area contributed by atoms with Crippen LogP contribution in [0, 0.1) is 0 Å². The van der Waals surface area contributed by atoms with Gasteiger partial charge in [0.1, 0.15) is 0 Å². The Morgan fingerprint density at radius 1 is 1.10 bits per heavy atom. The number of Topliss-reactive ketones (excluding diaryl/α,β-unsaturated/α-hetero) is 1. The van der Waals surface area contributed by atoms with E-state index in [4.69, 9.17) is 0 Å². The molecule has 0 saturated carbocycles. The van der Waals surface area contributed by atoms with Crippen LogP contribution >= 0.6 is 0 Å². The van der Waals surface area contributed by atoms with E-state index in [0.717, 1.165) is 10.1 Å². The molecular formula is C20H23N5O4. The Labute approximate surface area is 166 Å². The molecular weight excluding hydrogens is 374 g/mol. The van der Waals surface area contributed by atoms with Gasteiger partial charge in [0, 0.05) is 33.1 Å². The van der Waals surface area contributed by atoms with Gasteiger partial charge in [-0.2, -0.15) is 0 Å². The third kappa shape index (κ3) is 3.75. The van der Waals surface area contributed by atoms with Crippen LogP contribution in [0.15, 0.2) is 40.2 Å². The summed E-state index contributed by atoms with van der Waals surface area (Å²) < 4.78 is 3.79. The number of carbonyl (C=O) groups is 2. The molecule has 1 amide bonds. The highest BCUT2D eigenvalue weighted by Gasteiger charge is 2.22. The number of carbonyl (C=O) groups excluding carboxylic acids is 2. The Morgan fingerprint density at radius 3 is 2.38 bits per heavy atom. The zero-order chi connectivity index (χ0) is 21.3. The molecule has 2 heterocycles. The number of nitrogens with one attached hydrogen (secondary N) is 1. The van der Waals surface area contributed by atoms with Crippen LogP contribution in [0.3, 0.4) is 0 Å². The first-order chi connectivity index (χ1) is 13.7. The maximum absolute atomic E-state index is 13.0. The van der Waals surface area contributed by atoms with Crippen molar-refractivity contribution in [3.8, 4) is 0 Å². The highest BCUT2D eigenvalue weighted by atomic mass is 16.2. The van der Waals surface area contributed by atoms with Gasteiger partial charge in [0.15, 0.2) is 16.9 Å². The fourth-order valence-electron chi connectivity index (χ4n) is 3.24. The van der Waals surface area contributed by atoms with Crippen molar-refractivity contribution in [2.24, 2.45) is 14.1 Å². The van der Waals surface area contributed by atoms with E-state index < -0.39 is 17.3 Å². The van der Waals surface area contributed by atoms with Crippen LogP contribution in [-0.4, -0.2) is 36.9 Å². The van der Waals surface area contributed by atoms with Gasteiger partial charge < -0.3 is 9.88 Å². The van der Waals surface area contributed by atoms with Crippen molar-refractivity contribution in [2.45, 2.75) is 26.3 Å². The van der Waals surface area contributed by atoms with E-state index in [1.165, 1.54) is 36.5 Å². The number of ketones is 1. The summed E-state index contributed by atoms with van der Waals surface area (Å²) in [7, 11) is 2.93. The SMILES string of the molecule is CC(=O)NCCc1ccc(C(=O)[C@H](C)n2cnc3c2c(=O)n(C)c(=O)n3C)cc1. The number of aromatic nitrogens is 4. The largest absolute Gasteiger partial charge is 0.356 e. The van der Waals surface area contributed by atoms with Gasteiger partial charge in [-0.25, -0.2) is 9.78 Å². The summed E-state index contributed by atoms with van der Waals surface area (Å²) in [6, 6.07) is 6.48. The normalized spacial score (nSPS) is 12.1. The molecule has 9 heteroatoms. The molecule has 0 aliphatic rings. The number of hydrogen-bond acceptors (Lipinski definition) is 5. The second-order valence-corrected chi connectivity index (χ2v) is 7.00. The van der Waals surface area contributed by atoms with Crippen LogP contribution < -0.4 is 16.6 Å². The molecule has 1 atom stereocenters. The lowest BCUT2D eigenvalue weighted by Crippen LogP contribution is -2.38. The monoisotopic (exact) mass is 397 g/mol. The second kappa shape index (κ2) is 7.86. The molecule has 0 radical (unpaired) electrons. The maximum atomic E-state index is 13.0. The van der Waals surface area contributed by atoms with Gasteiger partial charge in [-0.1, -0.05) is 24.3 Å². The summed E-state index contributed by atoms with van der Waals surface area (Å²) in [5.41, 5.74) is 0.993. The molecule has 9 nitrogen and oxygen atoms in total. The van der Waals surface area contributed by atoms with Crippen molar-refractivity contribution < 1.29 is 9.59 Å². The molecule has 3 rings (SSSR count). The van der Waals surface area contributed by atoms with Gasteiger partial charge in [-0.15, -0.1) is 0 Å². The number of imidazole rings is 1. The number of rotatable bonds is 6. The molecule has 3 aromatic rings. The van der Waals surface area contributed by atoms with Crippen LogP contribution in [0.4, 0.5) is 0 Å². The van der Waals surface area contributed by atoms with Crippen LogP contribution in [0.2, 0.25) is 0 Å². The Kier molecular flexibility index (Phi) is 5.49. The van der Waals surface area contributed by atoms with E-state index in [1.807, 2.05) is 12.1 Å². The van der Waals surface area contributed by atoms with Crippen LogP contribution in [0.25, 0.3) is 11.2 Å². The minimum absolute atomic E-state index is 0.0816. The number of benzene rings is 1. The van der Waals surface area contributed by atoms with E-state index in [0.29, 0.717) is 18.5 Å². The first-order valence-corrected chi connectivity index (χ1v) is 9.22. The first-order valence-electron chi connectivity index (χ1n) is 9.22. The topological polar surface area (TPSA) is 108 Å². The first kappa shape index (κ1) is 20.2. The summed E-state index contributed by atoms with van der Waals surface area (Å²) >= 11 is 0. The van der Waals surface area contributed by atoms with Crippen LogP contribution in [-0.2, 0) is 25.3 Å². The van der Waals surface area contributed by atoms with Gasteiger partial charge in [0.2, 0.25) is 5.91 Å². The van der Waals surface area contributed by atoms with Gasteiger partial charge in [0.25, 0.3) is 5.56 Å². The predicted octanol–water partition coefficient (Wildman–Crippen LogP) is 0.556. The standard InChI is InChI=1S/C20H23N5O4/c1-12(17(27)15-7-5-14(6-8-15)9-10-21-13(2)26)25-11-22-18-16(25)19(28)24(4)20(29)23(18)3/h5-8,11-12H,9-10H2,1-4H3,(H,21,26)/t12-/m0/s1. The molecule has 0 bridgehead atoms. The summed E-state index contributed by atoms with van der Waals surface area (Å²) in [4.78, 5) is 52.7. The van der Waals surface area contributed by atoms with Crippen molar-refractivity contribution in [3.63, 3.8) is 0 Å². The Hall–Kier alpha value is -3.49. The smallest absolute Gasteiger partial charge is 0.332 e. The number of fused-ring (bicyclic) bond motifs is 1. The van der Waals surface area contributed by atoms with Gasteiger partial charge >= 0.3 is 5.69 Å². The number of nitrogens with zero attached hydrogens (tertiary/aromatic N) is 4. The molecule has 1 aromatic carbocycles. The van der Waals surface area contributed by atoms with E-state index >= 15 is 0 Å². The third-order valence-electron chi connectivity index (χ3n) is 5.00. The number of hydrogen-bond donors (Lipinski definition) is 1. The fourth-order valence-corrected chi connectivity index (χ4v) is 3.24. The third-order valence-corrected chi connectivity index (χ3v) is 5.00. The van der Waals surface area contributed by atoms with E-state index in [2.05, 4.69) is 10.3 Å². The van der Waals surface area contributed by atoms with Gasteiger partial charge in [-0.05, 0) is 18.9 Å². The summed E-state index contributed by atoms with van der Waals surface area (Å²) in [6.45, 7) is 3.69. The van der Waals surface area contributed by atoms with Crippen molar-refractivity contribution in [3.05, 3.63) is 62.6 Å². The van der Waals surface area contributed by atoms with Gasteiger partial charge in [-0.3, -0.25) is 23.5 Å².